The van der Waals surface area contributed by atoms with Crippen molar-refractivity contribution in [3.63, 3.8) is 0 Å². The summed E-state index contributed by atoms with van der Waals surface area (Å²) in [6.07, 6.45) is 4.75. The molecule has 3 aliphatic rings. The molecule has 0 atom stereocenters. The third-order valence-corrected chi connectivity index (χ3v) is 14.0. The Hall–Kier alpha value is -4.37. The summed E-state index contributed by atoms with van der Waals surface area (Å²) in [7, 11) is -2.55. The summed E-state index contributed by atoms with van der Waals surface area (Å²) >= 11 is 18.7. The van der Waals surface area contributed by atoms with Gasteiger partial charge in [0.1, 0.15) is 17.2 Å². The molecule has 318 valence electrons. The minimum Gasteiger partial charge on any atom is -0.456 e. The number of rotatable bonds is 12. The van der Waals surface area contributed by atoms with Crippen molar-refractivity contribution in [3.8, 4) is 11.5 Å². The van der Waals surface area contributed by atoms with Crippen LogP contribution in [0, 0.1) is 15.5 Å². The summed E-state index contributed by atoms with van der Waals surface area (Å²) < 4.78 is 35.6. The fourth-order valence-corrected chi connectivity index (χ4v) is 9.51. The number of ether oxygens (including phenoxy) is 1. The summed E-state index contributed by atoms with van der Waals surface area (Å²) in [5.41, 5.74) is 4.84. The van der Waals surface area contributed by atoms with Gasteiger partial charge in [-0.1, -0.05) is 66.4 Å². The molecule has 0 bridgehead atoms. The molecule has 2 heterocycles. The number of halogens is 3. The Kier molecular flexibility index (Phi) is 13.3. The molecule has 4 aromatic carbocycles. The summed E-state index contributed by atoms with van der Waals surface area (Å²) in [4.78, 5) is 31.7. The number of sulfonamides is 1. The number of carbonyl (C=O) groups excluding carboxylic acids is 1. The number of piperazine rings is 1. The maximum absolute atomic E-state index is 13.8. The summed E-state index contributed by atoms with van der Waals surface area (Å²) in [5.74, 6) is -0.600. The van der Waals surface area contributed by atoms with Gasteiger partial charge in [0.15, 0.2) is 0 Å². The van der Waals surface area contributed by atoms with Gasteiger partial charge >= 0.3 is 0 Å². The first kappa shape index (κ1) is 43.7. The number of likely N-dealkylation sites (tertiary alicyclic amines) is 1. The Balaban J connectivity index is 1.09. The number of allylic oxidation sites excluding steroid dienone is 1. The number of hydrogen-bond acceptors (Lipinski definition) is 10. The quantitative estimate of drug-likeness (QED) is 0.105. The molecule has 2 aliphatic heterocycles. The molecule has 0 aromatic heterocycles. The zero-order valence-electron chi connectivity index (χ0n) is 33.8. The lowest BCUT2D eigenvalue weighted by Gasteiger charge is -2.39. The third kappa shape index (κ3) is 10.6. The highest BCUT2D eigenvalue weighted by molar-refractivity contribution is 7.90. The number of carbonyl (C=O) groups is 1. The van der Waals surface area contributed by atoms with E-state index in [-0.39, 0.29) is 39.2 Å². The number of nitro benzene ring substituents is 1. The maximum atomic E-state index is 13.8. The van der Waals surface area contributed by atoms with Crippen molar-refractivity contribution in [1.82, 2.24) is 14.5 Å². The van der Waals surface area contributed by atoms with Crippen LogP contribution in [-0.2, 0) is 10.0 Å². The van der Waals surface area contributed by atoms with E-state index in [2.05, 4.69) is 50.7 Å². The highest BCUT2D eigenvalue weighted by Crippen LogP contribution is 2.43. The number of nitro groups is 1. The topological polar surface area (TPSA) is 137 Å². The first-order valence-corrected chi connectivity index (χ1v) is 22.7. The molecule has 60 heavy (non-hydrogen) atoms. The minimum atomic E-state index is -4.56. The zero-order chi connectivity index (χ0) is 42.8. The number of piperidine rings is 1. The first-order valence-electron chi connectivity index (χ1n) is 20.1. The van der Waals surface area contributed by atoms with E-state index in [9.17, 15) is 23.3 Å². The normalized spacial score (nSPS) is 18.0. The third-order valence-electron chi connectivity index (χ3n) is 11.6. The van der Waals surface area contributed by atoms with Gasteiger partial charge in [-0.25, -0.2) is 13.1 Å². The smallest absolute Gasteiger partial charge is 0.293 e. The zero-order valence-corrected chi connectivity index (χ0v) is 36.9. The second-order valence-electron chi connectivity index (χ2n) is 16.6. The average molecular weight is 896 g/mol. The standard InChI is InChI=1S/C44H49Cl3N6O6S/c1-44(2)17-14-30(37(27-44)29-4-6-31(45)7-5-29)28-51-20-22-52(23-21-51)33-8-11-36(42(24-33)59-34-9-12-38(46)39(47)25-34)43(54)49-60(57,58)35-10-13-40(41(26-35)53(55)56)48-32-15-18-50(3)19-16-32/h4-13,24-26,32,48H,14-23,27-28H2,1-3H3,(H,49,54). The lowest BCUT2D eigenvalue weighted by Crippen LogP contribution is -2.47. The second kappa shape index (κ2) is 18.3. The fourth-order valence-electron chi connectivity index (χ4n) is 8.11. The van der Waals surface area contributed by atoms with Gasteiger partial charge in [0, 0.05) is 67.7 Å². The molecule has 0 saturated carbocycles. The van der Waals surface area contributed by atoms with Crippen LogP contribution in [0.4, 0.5) is 17.1 Å². The van der Waals surface area contributed by atoms with Crippen molar-refractivity contribution in [1.29, 1.82) is 0 Å². The van der Waals surface area contributed by atoms with Crippen molar-refractivity contribution in [2.75, 3.05) is 63.1 Å². The summed E-state index contributed by atoms with van der Waals surface area (Å²) in [6, 6.07) is 21.4. The van der Waals surface area contributed by atoms with Crippen molar-refractivity contribution >= 4 is 73.4 Å². The SMILES string of the molecule is CN1CCC(Nc2ccc(S(=O)(=O)NC(=O)c3ccc(N4CCN(CC5=C(c6ccc(Cl)cc6)CC(C)(C)CC5)CC4)cc3Oc3ccc(Cl)c(Cl)c3)cc2[N+](=O)[O-])CC1. The molecule has 7 rings (SSSR count). The molecule has 0 spiro atoms. The van der Waals surface area contributed by atoms with E-state index in [1.807, 2.05) is 19.2 Å². The van der Waals surface area contributed by atoms with Gasteiger partial charge in [-0.15, -0.1) is 0 Å². The van der Waals surface area contributed by atoms with Crippen molar-refractivity contribution in [3.05, 3.63) is 121 Å². The van der Waals surface area contributed by atoms with Gasteiger partial charge in [0.05, 0.1) is 25.4 Å². The highest BCUT2D eigenvalue weighted by Gasteiger charge is 2.31. The van der Waals surface area contributed by atoms with Crippen LogP contribution in [-0.4, -0.2) is 88.0 Å². The van der Waals surface area contributed by atoms with Gasteiger partial charge in [-0.2, -0.15) is 0 Å². The molecule has 1 amide bonds. The highest BCUT2D eigenvalue weighted by atomic mass is 35.5. The van der Waals surface area contributed by atoms with Gasteiger partial charge in [0.25, 0.3) is 21.6 Å². The number of benzene rings is 4. The first-order chi connectivity index (χ1) is 28.5. The Morgan fingerprint density at radius 3 is 2.30 bits per heavy atom. The lowest BCUT2D eigenvalue weighted by molar-refractivity contribution is -0.384. The largest absolute Gasteiger partial charge is 0.456 e. The van der Waals surface area contributed by atoms with Crippen LogP contribution in [0.25, 0.3) is 5.57 Å². The Bertz CT molecular complexity index is 2400. The molecule has 4 aromatic rings. The number of anilines is 2. The predicted molar refractivity (Wildman–Crippen MR) is 240 cm³/mol. The molecule has 2 N–H and O–H groups in total. The van der Waals surface area contributed by atoms with Gasteiger partial charge < -0.3 is 19.9 Å². The Morgan fingerprint density at radius 1 is 0.900 bits per heavy atom. The van der Waals surface area contributed by atoms with E-state index >= 15 is 0 Å². The van der Waals surface area contributed by atoms with E-state index in [4.69, 9.17) is 39.5 Å². The van der Waals surface area contributed by atoms with E-state index in [0.29, 0.717) is 18.1 Å². The molecule has 0 unspecified atom stereocenters. The van der Waals surface area contributed by atoms with Crippen molar-refractivity contribution in [2.45, 2.75) is 56.9 Å². The van der Waals surface area contributed by atoms with E-state index in [0.717, 1.165) is 81.6 Å². The lowest BCUT2D eigenvalue weighted by atomic mass is 9.72. The number of hydrogen-bond donors (Lipinski definition) is 2. The van der Waals surface area contributed by atoms with Crippen LogP contribution in [0.5, 0.6) is 11.5 Å². The van der Waals surface area contributed by atoms with Crippen molar-refractivity contribution in [2.24, 2.45) is 5.41 Å². The Morgan fingerprint density at radius 2 is 1.62 bits per heavy atom. The molecule has 1 aliphatic carbocycles. The van der Waals surface area contributed by atoms with Crippen LogP contribution in [0.1, 0.15) is 61.9 Å². The second-order valence-corrected chi connectivity index (χ2v) is 19.6. The summed E-state index contributed by atoms with van der Waals surface area (Å²) in [6.45, 7) is 10.2. The van der Waals surface area contributed by atoms with Crippen molar-refractivity contribution < 1.29 is 22.9 Å². The van der Waals surface area contributed by atoms with Crippen LogP contribution >= 0.6 is 34.8 Å². The van der Waals surface area contributed by atoms with E-state index in [1.54, 1.807) is 24.3 Å². The molecule has 16 heteroatoms. The number of nitrogens with one attached hydrogen (secondary N) is 2. The van der Waals surface area contributed by atoms with Crippen LogP contribution in [0.3, 0.4) is 0 Å². The number of amides is 1. The molecule has 2 saturated heterocycles. The van der Waals surface area contributed by atoms with Gasteiger partial charge in [-0.05, 0) is 117 Å². The van der Waals surface area contributed by atoms with Crippen LogP contribution < -0.4 is 19.7 Å². The van der Waals surface area contributed by atoms with Crippen LogP contribution in [0.15, 0.2) is 89.3 Å². The van der Waals surface area contributed by atoms with Gasteiger partial charge in [0.2, 0.25) is 0 Å². The molecule has 12 nitrogen and oxygen atoms in total. The minimum absolute atomic E-state index is 0.00356. The molecular weight excluding hydrogens is 847 g/mol. The van der Waals surface area contributed by atoms with Gasteiger partial charge in [-0.3, -0.25) is 19.8 Å². The molecule has 0 radical (unpaired) electrons. The fraction of sp³-hybridized carbons (Fsp3) is 0.386. The molecule has 2 fully saturated rings. The average Bonchev–Trinajstić information content (AvgIpc) is 3.21. The monoisotopic (exact) mass is 894 g/mol. The molecular formula is C44H49Cl3N6O6S. The Labute approximate surface area is 366 Å². The van der Waals surface area contributed by atoms with E-state index in [1.165, 1.54) is 41.0 Å². The predicted octanol–water partition coefficient (Wildman–Crippen LogP) is 9.76. The summed E-state index contributed by atoms with van der Waals surface area (Å²) in [5, 5.41) is 16.6. The maximum Gasteiger partial charge on any atom is 0.293 e. The van der Waals surface area contributed by atoms with E-state index < -0.39 is 31.4 Å². The number of nitrogens with zero attached hydrogens (tertiary/aromatic N) is 4. The van der Waals surface area contributed by atoms with Crippen LogP contribution in [0.2, 0.25) is 15.1 Å².